The van der Waals surface area contributed by atoms with E-state index in [0.29, 0.717) is 42.0 Å². The third-order valence-corrected chi connectivity index (χ3v) is 7.11. The number of rotatable bonds is 6. The molecule has 1 unspecified atom stereocenters. The lowest BCUT2D eigenvalue weighted by Crippen LogP contribution is -2.41. The standard InChI is InChI=1S/C27H30F2N8O/c1-17-6-2-3-7-19(17)31-18-10-13-36(14-11-18)26-33-24(22-16-30-12-15-38-22)34-27(35-26)37-21-9-5-4-8-20(21)32-25(37)23(28)29/h2-9,18,22-23,30-31H,10-16H2,1H3. The van der Waals surface area contributed by atoms with E-state index in [1.165, 1.54) is 10.1 Å². The number of para-hydroxylation sites is 3. The van der Waals surface area contributed by atoms with Gasteiger partial charge >= 0.3 is 0 Å². The van der Waals surface area contributed by atoms with Crippen LogP contribution < -0.4 is 15.5 Å². The molecule has 6 rings (SSSR count). The highest BCUT2D eigenvalue weighted by Crippen LogP contribution is 2.29. The van der Waals surface area contributed by atoms with Crippen molar-refractivity contribution >= 4 is 22.7 Å². The average Bonchev–Trinajstić information content (AvgIpc) is 3.35. The van der Waals surface area contributed by atoms with Gasteiger partial charge in [0.25, 0.3) is 6.43 Å². The average molecular weight is 521 g/mol. The Morgan fingerprint density at radius 1 is 0.974 bits per heavy atom. The second-order valence-electron chi connectivity index (χ2n) is 9.67. The second-order valence-corrected chi connectivity index (χ2v) is 9.67. The Labute approximate surface area is 219 Å². The lowest BCUT2D eigenvalue weighted by molar-refractivity contribution is 0.0220. The molecule has 2 saturated heterocycles. The molecule has 0 bridgehead atoms. The molecule has 2 aliphatic heterocycles. The van der Waals surface area contributed by atoms with Gasteiger partial charge in [-0.3, -0.25) is 4.57 Å². The largest absolute Gasteiger partial charge is 0.382 e. The van der Waals surface area contributed by atoms with E-state index in [1.54, 1.807) is 24.3 Å². The van der Waals surface area contributed by atoms with E-state index in [-0.39, 0.29) is 5.95 Å². The van der Waals surface area contributed by atoms with Gasteiger partial charge in [0, 0.05) is 37.9 Å². The number of halogens is 2. The molecule has 1 atom stereocenters. The number of morpholine rings is 1. The first-order chi connectivity index (χ1) is 18.6. The van der Waals surface area contributed by atoms with Gasteiger partial charge in [0.2, 0.25) is 11.9 Å². The molecule has 2 N–H and O–H groups in total. The number of aryl methyl sites for hydroxylation is 1. The predicted molar refractivity (Wildman–Crippen MR) is 141 cm³/mol. The molecule has 2 aromatic heterocycles. The van der Waals surface area contributed by atoms with Gasteiger partial charge in [-0.1, -0.05) is 30.3 Å². The number of benzene rings is 2. The molecule has 11 heteroatoms. The van der Waals surface area contributed by atoms with Gasteiger partial charge in [0.05, 0.1) is 17.6 Å². The highest BCUT2D eigenvalue weighted by atomic mass is 19.3. The predicted octanol–water partition coefficient (Wildman–Crippen LogP) is 4.20. The third kappa shape index (κ3) is 4.91. The topological polar surface area (TPSA) is 93.0 Å². The number of piperidine rings is 1. The van der Waals surface area contributed by atoms with Crippen molar-refractivity contribution in [2.45, 2.75) is 38.3 Å². The van der Waals surface area contributed by atoms with Crippen molar-refractivity contribution in [2.75, 3.05) is 43.0 Å². The molecule has 198 valence electrons. The van der Waals surface area contributed by atoms with Crippen molar-refractivity contribution in [3.8, 4) is 5.95 Å². The molecule has 9 nitrogen and oxygen atoms in total. The summed E-state index contributed by atoms with van der Waals surface area (Å²) in [4.78, 5) is 20.4. The summed E-state index contributed by atoms with van der Waals surface area (Å²) in [5, 5.41) is 6.95. The van der Waals surface area contributed by atoms with E-state index in [2.05, 4.69) is 44.6 Å². The zero-order chi connectivity index (χ0) is 26.1. The molecule has 0 aliphatic carbocycles. The summed E-state index contributed by atoms with van der Waals surface area (Å²) in [5.41, 5.74) is 3.34. The Kier molecular flexibility index (Phi) is 6.86. The van der Waals surface area contributed by atoms with Crippen molar-refractivity contribution in [3.05, 3.63) is 65.7 Å². The number of aromatic nitrogens is 5. The van der Waals surface area contributed by atoms with Gasteiger partial charge in [-0.2, -0.15) is 15.0 Å². The van der Waals surface area contributed by atoms with Crippen molar-refractivity contribution in [2.24, 2.45) is 0 Å². The van der Waals surface area contributed by atoms with Gasteiger partial charge in [-0.05, 0) is 43.5 Å². The maximum Gasteiger partial charge on any atom is 0.296 e. The molecule has 0 radical (unpaired) electrons. The fourth-order valence-corrected chi connectivity index (χ4v) is 5.07. The van der Waals surface area contributed by atoms with Crippen molar-refractivity contribution in [1.29, 1.82) is 0 Å². The van der Waals surface area contributed by atoms with Gasteiger partial charge in [-0.15, -0.1) is 0 Å². The number of alkyl halides is 2. The van der Waals surface area contributed by atoms with Gasteiger partial charge < -0.3 is 20.3 Å². The van der Waals surface area contributed by atoms with Crippen molar-refractivity contribution in [1.82, 2.24) is 29.8 Å². The van der Waals surface area contributed by atoms with E-state index >= 15 is 0 Å². The highest BCUT2D eigenvalue weighted by molar-refractivity contribution is 5.77. The maximum absolute atomic E-state index is 14.1. The van der Waals surface area contributed by atoms with Gasteiger partial charge in [-0.25, -0.2) is 13.8 Å². The van der Waals surface area contributed by atoms with Crippen molar-refractivity contribution in [3.63, 3.8) is 0 Å². The normalized spacial score (nSPS) is 18.8. The van der Waals surface area contributed by atoms with Gasteiger partial charge in [0.15, 0.2) is 11.6 Å². The van der Waals surface area contributed by atoms with Crippen LogP contribution in [0.1, 0.15) is 42.6 Å². The summed E-state index contributed by atoms with van der Waals surface area (Å²) in [6.07, 6.45) is -1.40. The summed E-state index contributed by atoms with van der Waals surface area (Å²) < 4.78 is 35.5. The third-order valence-electron chi connectivity index (χ3n) is 7.11. The Bertz CT molecular complexity index is 1410. The number of hydrogen-bond donors (Lipinski definition) is 2. The molecular formula is C27H30F2N8O. The number of fused-ring (bicyclic) bond motifs is 1. The molecule has 38 heavy (non-hydrogen) atoms. The SMILES string of the molecule is Cc1ccccc1NC1CCN(c2nc(C3CNCCO3)nc(-n3c(C(F)F)nc4ccccc43)n2)CC1. The first kappa shape index (κ1) is 24.6. The number of hydrogen-bond acceptors (Lipinski definition) is 8. The van der Waals surface area contributed by atoms with Crippen LogP contribution in [-0.4, -0.2) is 63.3 Å². The zero-order valence-corrected chi connectivity index (χ0v) is 21.1. The van der Waals surface area contributed by atoms with E-state index in [4.69, 9.17) is 14.7 Å². The molecule has 4 heterocycles. The maximum atomic E-state index is 14.1. The summed E-state index contributed by atoms with van der Waals surface area (Å²) in [6.45, 7) is 5.35. The van der Waals surface area contributed by atoms with E-state index < -0.39 is 18.4 Å². The lowest BCUT2D eigenvalue weighted by atomic mass is 10.0. The first-order valence-corrected chi connectivity index (χ1v) is 13.0. The number of ether oxygens (including phenoxy) is 1. The minimum Gasteiger partial charge on any atom is -0.382 e. The van der Waals surface area contributed by atoms with Gasteiger partial charge in [0.1, 0.15) is 6.10 Å². The summed E-state index contributed by atoms with van der Waals surface area (Å²) in [7, 11) is 0. The van der Waals surface area contributed by atoms with Crippen LogP contribution in [0.2, 0.25) is 0 Å². The summed E-state index contributed by atoms with van der Waals surface area (Å²) >= 11 is 0. The minimum atomic E-state index is -2.79. The number of anilines is 2. The number of nitrogens with zero attached hydrogens (tertiary/aromatic N) is 6. The highest BCUT2D eigenvalue weighted by Gasteiger charge is 2.28. The first-order valence-electron chi connectivity index (χ1n) is 13.0. The Morgan fingerprint density at radius 3 is 2.50 bits per heavy atom. The summed E-state index contributed by atoms with van der Waals surface area (Å²) in [5.74, 6) is 0.628. The Balaban J connectivity index is 1.33. The van der Waals surface area contributed by atoms with Crippen LogP contribution in [0.5, 0.6) is 0 Å². The molecule has 0 saturated carbocycles. The fourth-order valence-electron chi connectivity index (χ4n) is 5.07. The van der Waals surface area contributed by atoms with Crippen LogP contribution in [0.15, 0.2) is 48.5 Å². The molecular weight excluding hydrogens is 490 g/mol. The van der Waals surface area contributed by atoms with Crippen LogP contribution in [-0.2, 0) is 4.74 Å². The quantitative estimate of drug-likeness (QED) is 0.391. The molecule has 0 amide bonds. The second kappa shape index (κ2) is 10.6. The molecule has 2 aliphatic rings. The van der Waals surface area contributed by atoms with Crippen LogP contribution in [0.3, 0.4) is 0 Å². The molecule has 2 fully saturated rings. The summed E-state index contributed by atoms with van der Waals surface area (Å²) in [6, 6.07) is 15.6. The van der Waals surface area contributed by atoms with E-state index in [9.17, 15) is 8.78 Å². The Hall–Kier alpha value is -3.70. The number of imidazole rings is 1. The van der Waals surface area contributed by atoms with Crippen LogP contribution in [0.25, 0.3) is 17.0 Å². The van der Waals surface area contributed by atoms with Crippen LogP contribution in [0, 0.1) is 6.92 Å². The van der Waals surface area contributed by atoms with Crippen LogP contribution >= 0.6 is 0 Å². The van der Waals surface area contributed by atoms with Crippen molar-refractivity contribution < 1.29 is 13.5 Å². The smallest absolute Gasteiger partial charge is 0.296 e. The van der Waals surface area contributed by atoms with Crippen LogP contribution in [0.4, 0.5) is 20.4 Å². The number of nitrogens with one attached hydrogen (secondary N) is 2. The Morgan fingerprint density at radius 2 is 1.74 bits per heavy atom. The lowest BCUT2D eigenvalue weighted by Gasteiger charge is -2.33. The molecule has 4 aromatic rings. The molecule has 0 spiro atoms. The van der Waals surface area contributed by atoms with E-state index in [0.717, 1.165) is 38.2 Å². The zero-order valence-electron chi connectivity index (χ0n) is 21.1. The fraction of sp³-hybridized carbons (Fsp3) is 0.407. The van der Waals surface area contributed by atoms with E-state index in [1.807, 2.05) is 12.1 Å². The monoisotopic (exact) mass is 520 g/mol. The molecule has 2 aromatic carbocycles. The minimum absolute atomic E-state index is 0.128.